The molecule has 25 heavy (non-hydrogen) atoms. The maximum Gasteiger partial charge on any atom is 0.167 e. The maximum atomic E-state index is 12.7. The number of hydrogen-bond acceptors (Lipinski definition) is 2. The molecule has 0 N–H and O–H groups in total. The van der Waals surface area contributed by atoms with E-state index in [9.17, 15) is 4.79 Å². The molecule has 0 heterocycles. The second kappa shape index (κ2) is 8.61. The Morgan fingerprint density at radius 2 is 1.68 bits per heavy atom. The van der Waals surface area contributed by atoms with Gasteiger partial charge in [0.25, 0.3) is 0 Å². The summed E-state index contributed by atoms with van der Waals surface area (Å²) in [6.07, 6.45) is 4.44. The number of ketones is 1. The van der Waals surface area contributed by atoms with Crippen LogP contribution in [0.2, 0.25) is 0 Å². The zero-order valence-electron chi connectivity index (χ0n) is 16.0. The maximum absolute atomic E-state index is 12.7. The standard InChI is InChI=1S/C22H28N2O/c1-6-7-18-8-10-19(11-9-18)14-22(25)20-12-17(3)21(13-16(20)2)23-15-24(4)5/h8-13,15H,6-7,14H2,1-5H3. The van der Waals surface area contributed by atoms with Crippen molar-refractivity contribution in [2.24, 2.45) is 4.99 Å². The SMILES string of the molecule is CCCc1ccc(CC(=O)c2cc(C)c(N=CN(C)C)cc2C)cc1. The van der Waals surface area contributed by atoms with E-state index in [1.165, 1.54) is 5.56 Å². The van der Waals surface area contributed by atoms with E-state index < -0.39 is 0 Å². The molecule has 3 nitrogen and oxygen atoms in total. The third kappa shape index (κ3) is 5.28. The van der Waals surface area contributed by atoms with Gasteiger partial charge in [0.1, 0.15) is 0 Å². The highest BCUT2D eigenvalue weighted by Crippen LogP contribution is 2.24. The van der Waals surface area contributed by atoms with Crippen molar-refractivity contribution in [2.75, 3.05) is 14.1 Å². The van der Waals surface area contributed by atoms with Gasteiger partial charge in [0, 0.05) is 26.1 Å². The lowest BCUT2D eigenvalue weighted by Gasteiger charge is -2.10. The van der Waals surface area contributed by atoms with Gasteiger partial charge in [-0.15, -0.1) is 0 Å². The third-order valence-corrected chi connectivity index (χ3v) is 4.20. The zero-order valence-corrected chi connectivity index (χ0v) is 16.0. The van der Waals surface area contributed by atoms with Crippen LogP contribution < -0.4 is 0 Å². The van der Waals surface area contributed by atoms with Gasteiger partial charge in [-0.05, 0) is 54.7 Å². The van der Waals surface area contributed by atoms with Crippen molar-refractivity contribution in [3.8, 4) is 0 Å². The summed E-state index contributed by atoms with van der Waals surface area (Å²) >= 11 is 0. The monoisotopic (exact) mass is 336 g/mol. The highest BCUT2D eigenvalue weighted by molar-refractivity contribution is 5.99. The molecular formula is C22H28N2O. The molecule has 0 bridgehead atoms. The zero-order chi connectivity index (χ0) is 18.4. The Labute approximate surface area is 151 Å². The van der Waals surface area contributed by atoms with Crippen molar-refractivity contribution < 1.29 is 4.79 Å². The van der Waals surface area contributed by atoms with Crippen LogP contribution >= 0.6 is 0 Å². The van der Waals surface area contributed by atoms with Gasteiger partial charge in [0.05, 0.1) is 12.0 Å². The van der Waals surface area contributed by atoms with Crippen molar-refractivity contribution in [3.63, 3.8) is 0 Å². The summed E-state index contributed by atoms with van der Waals surface area (Å²) in [6.45, 7) is 6.15. The van der Waals surface area contributed by atoms with Gasteiger partial charge in [-0.1, -0.05) is 37.6 Å². The van der Waals surface area contributed by atoms with Crippen molar-refractivity contribution >= 4 is 17.8 Å². The largest absolute Gasteiger partial charge is 0.369 e. The van der Waals surface area contributed by atoms with Crippen LogP contribution in [0.1, 0.15) is 46.0 Å². The molecule has 0 fully saturated rings. The normalized spacial score (nSPS) is 11.1. The van der Waals surface area contributed by atoms with E-state index in [0.717, 1.165) is 40.8 Å². The summed E-state index contributed by atoms with van der Waals surface area (Å²) in [6, 6.07) is 12.4. The minimum Gasteiger partial charge on any atom is -0.369 e. The number of rotatable bonds is 7. The minimum absolute atomic E-state index is 0.159. The lowest BCUT2D eigenvalue weighted by atomic mass is 9.96. The smallest absolute Gasteiger partial charge is 0.167 e. The van der Waals surface area contributed by atoms with Crippen LogP contribution in [0.15, 0.2) is 41.4 Å². The second-order valence-electron chi connectivity index (χ2n) is 6.83. The van der Waals surface area contributed by atoms with Crippen LogP contribution in [-0.4, -0.2) is 31.1 Å². The molecule has 3 heteroatoms. The van der Waals surface area contributed by atoms with Crippen molar-refractivity contribution in [3.05, 3.63) is 64.2 Å². The van der Waals surface area contributed by atoms with Gasteiger partial charge >= 0.3 is 0 Å². The van der Waals surface area contributed by atoms with Gasteiger partial charge in [0.2, 0.25) is 0 Å². The summed E-state index contributed by atoms with van der Waals surface area (Å²) in [5.74, 6) is 0.159. The summed E-state index contributed by atoms with van der Waals surface area (Å²) < 4.78 is 0. The summed E-state index contributed by atoms with van der Waals surface area (Å²) in [4.78, 5) is 19.1. The van der Waals surface area contributed by atoms with Gasteiger partial charge in [-0.2, -0.15) is 0 Å². The Morgan fingerprint density at radius 1 is 1.04 bits per heavy atom. The predicted molar refractivity (Wildman–Crippen MR) is 106 cm³/mol. The molecule has 132 valence electrons. The quantitative estimate of drug-likeness (QED) is 0.409. The Bertz CT molecular complexity index is 758. The van der Waals surface area contributed by atoms with Crippen LogP contribution in [-0.2, 0) is 12.8 Å². The minimum atomic E-state index is 0.159. The number of carbonyl (C=O) groups is 1. The molecule has 0 saturated carbocycles. The molecule has 0 aliphatic carbocycles. The molecule has 0 aliphatic heterocycles. The Kier molecular flexibility index (Phi) is 6.51. The molecule has 2 aromatic carbocycles. The number of nitrogens with zero attached hydrogens (tertiary/aromatic N) is 2. The first kappa shape index (κ1) is 18.9. The molecule has 0 spiro atoms. The molecule has 0 unspecified atom stereocenters. The summed E-state index contributed by atoms with van der Waals surface area (Å²) in [5, 5.41) is 0. The fourth-order valence-corrected chi connectivity index (χ4v) is 2.81. The average molecular weight is 336 g/mol. The first-order valence-corrected chi connectivity index (χ1v) is 8.83. The summed E-state index contributed by atoms with van der Waals surface area (Å²) in [5.41, 5.74) is 6.09. The third-order valence-electron chi connectivity index (χ3n) is 4.20. The second-order valence-corrected chi connectivity index (χ2v) is 6.83. The topological polar surface area (TPSA) is 32.7 Å². The van der Waals surface area contributed by atoms with E-state index in [1.807, 2.05) is 45.0 Å². The fraction of sp³-hybridized carbons (Fsp3) is 0.364. The number of hydrogen-bond donors (Lipinski definition) is 0. The first-order chi connectivity index (χ1) is 11.9. The van der Waals surface area contributed by atoms with E-state index >= 15 is 0 Å². The van der Waals surface area contributed by atoms with E-state index in [1.54, 1.807) is 6.34 Å². The number of aryl methyl sites for hydroxylation is 3. The molecule has 0 aliphatic rings. The molecule has 0 atom stereocenters. The van der Waals surface area contributed by atoms with Crippen molar-refractivity contribution in [2.45, 2.75) is 40.0 Å². The van der Waals surface area contributed by atoms with E-state index in [-0.39, 0.29) is 5.78 Å². The van der Waals surface area contributed by atoms with Gasteiger partial charge in [0.15, 0.2) is 5.78 Å². The van der Waals surface area contributed by atoms with E-state index in [4.69, 9.17) is 0 Å². The van der Waals surface area contributed by atoms with Crippen LogP contribution in [0, 0.1) is 13.8 Å². The molecule has 0 radical (unpaired) electrons. The van der Waals surface area contributed by atoms with E-state index in [2.05, 4.69) is 36.2 Å². The van der Waals surface area contributed by atoms with Crippen LogP contribution in [0.5, 0.6) is 0 Å². The van der Waals surface area contributed by atoms with E-state index in [0.29, 0.717) is 6.42 Å². The van der Waals surface area contributed by atoms with Crippen LogP contribution in [0.4, 0.5) is 5.69 Å². The Hall–Kier alpha value is -2.42. The number of Topliss-reactive ketones (excluding diaryl/α,β-unsaturated/α-hetero) is 1. The Morgan fingerprint density at radius 3 is 2.28 bits per heavy atom. The number of aliphatic imine (C=N–C) groups is 1. The van der Waals surface area contributed by atoms with Crippen LogP contribution in [0.25, 0.3) is 0 Å². The molecular weight excluding hydrogens is 308 g/mol. The molecule has 0 amide bonds. The first-order valence-electron chi connectivity index (χ1n) is 8.83. The highest BCUT2D eigenvalue weighted by Gasteiger charge is 2.12. The number of carbonyl (C=O) groups excluding carboxylic acids is 1. The van der Waals surface area contributed by atoms with Gasteiger partial charge in [-0.25, -0.2) is 4.99 Å². The highest BCUT2D eigenvalue weighted by atomic mass is 16.1. The van der Waals surface area contributed by atoms with Gasteiger partial charge < -0.3 is 4.90 Å². The Balaban J connectivity index is 2.17. The lowest BCUT2D eigenvalue weighted by Crippen LogP contribution is -2.08. The molecule has 0 saturated heterocycles. The van der Waals surface area contributed by atoms with Crippen molar-refractivity contribution in [1.82, 2.24) is 4.90 Å². The molecule has 0 aromatic heterocycles. The van der Waals surface area contributed by atoms with Crippen LogP contribution in [0.3, 0.4) is 0 Å². The average Bonchev–Trinajstić information content (AvgIpc) is 2.57. The number of benzene rings is 2. The molecule has 2 rings (SSSR count). The lowest BCUT2D eigenvalue weighted by molar-refractivity contribution is 0.0992. The van der Waals surface area contributed by atoms with Gasteiger partial charge in [-0.3, -0.25) is 4.79 Å². The predicted octanol–water partition coefficient (Wildman–Crippen LogP) is 4.90. The molecule has 2 aromatic rings. The van der Waals surface area contributed by atoms with Crippen molar-refractivity contribution in [1.29, 1.82) is 0 Å². The summed E-state index contributed by atoms with van der Waals surface area (Å²) in [7, 11) is 3.88. The fourth-order valence-electron chi connectivity index (χ4n) is 2.81.